The number of likely N-dealkylation sites (tertiary alicyclic amines) is 2. The molecule has 10 rings (SSSR count). The number of anilines is 1. The zero-order valence-electron chi connectivity index (χ0n) is 41.4. The molecular formula is C54H62ClN11O6. The van der Waals surface area contributed by atoms with Crippen molar-refractivity contribution in [3.63, 3.8) is 0 Å². The molecule has 4 amide bonds. The van der Waals surface area contributed by atoms with Crippen LogP contribution in [0, 0.1) is 34.0 Å². The number of hydrogen-bond donors (Lipinski definition) is 2. The molecule has 5 aromatic rings. The second kappa shape index (κ2) is 19.4. The van der Waals surface area contributed by atoms with Crippen molar-refractivity contribution < 1.29 is 23.9 Å². The summed E-state index contributed by atoms with van der Waals surface area (Å²) >= 11 is 6.35. The van der Waals surface area contributed by atoms with Gasteiger partial charge in [-0.05, 0) is 104 Å². The van der Waals surface area contributed by atoms with Gasteiger partial charge in [0.2, 0.25) is 17.7 Å². The molecule has 1 saturated carbocycles. The third-order valence-electron chi connectivity index (χ3n) is 16.5. The molecule has 0 unspecified atom stereocenters. The van der Waals surface area contributed by atoms with Crippen molar-refractivity contribution in [3.8, 4) is 22.9 Å². The zero-order chi connectivity index (χ0) is 50.6. The average Bonchev–Trinajstić information content (AvgIpc) is 3.87. The molecule has 18 heteroatoms. The number of nitrogens with one attached hydrogen (secondary N) is 1. The molecule has 376 valence electrons. The van der Waals surface area contributed by atoms with Crippen molar-refractivity contribution in [1.29, 1.82) is 5.26 Å². The first-order valence-electron chi connectivity index (χ1n) is 25.3. The maximum absolute atomic E-state index is 13.8. The van der Waals surface area contributed by atoms with Crippen molar-refractivity contribution in [2.75, 3.05) is 50.7 Å². The topological polar surface area (TPSA) is 215 Å². The lowest BCUT2D eigenvalue weighted by Crippen LogP contribution is -2.64. The van der Waals surface area contributed by atoms with Gasteiger partial charge in [0.25, 0.3) is 11.5 Å². The molecule has 72 heavy (non-hydrogen) atoms. The number of amides is 4. The van der Waals surface area contributed by atoms with Crippen LogP contribution in [0.3, 0.4) is 0 Å². The van der Waals surface area contributed by atoms with E-state index in [1.807, 2.05) is 24.4 Å². The van der Waals surface area contributed by atoms with E-state index in [-0.39, 0.29) is 59.5 Å². The van der Waals surface area contributed by atoms with Crippen molar-refractivity contribution in [1.82, 2.24) is 39.9 Å². The minimum absolute atomic E-state index is 0.0371. The molecule has 1 aliphatic carbocycles. The Kier molecular flexibility index (Phi) is 13.2. The van der Waals surface area contributed by atoms with Crippen LogP contribution in [0.2, 0.25) is 5.02 Å². The quantitative estimate of drug-likeness (QED) is 0.133. The third kappa shape index (κ3) is 9.23. The smallest absolute Gasteiger partial charge is 0.278 e. The fourth-order valence-electron chi connectivity index (χ4n) is 13.0. The Balaban J connectivity index is 0.698. The van der Waals surface area contributed by atoms with Crippen LogP contribution in [0.15, 0.2) is 71.8 Å². The number of rotatable bonds is 11. The lowest BCUT2D eigenvalue weighted by Gasteiger charge is -2.63. The number of fused-ring (bicyclic) bond motifs is 1. The fourth-order valence-corrected chi connectivity index (χ4v) is 13.2. The molecule has 0 bridgehead atoms. The lowest BCUT2D eigenvalue weighted by atomic mass is 9.43. The van der Waals surface area contributed by atoms with Crippen molar-refractivity contribution in [2.45, 2.75) is 103 Å². The van der Waals surface area contributed by atoms with Crippen LogP contribution in [-0.4, -0.2) is 110 Å². The third-order valence-corrected chi connectivity index (χ3v) is 16.8. The summed E-state index contributed by atoms with van der Waals surface area (Å²) in [6.45, 7) is 14.6. The summed E-state index contributed by atoms with van der Waals surface area (Å²) in [4.78, 5) is 71.2. The van der Waals surface area contributed by atoms with E-state index in [1.165, 1.54) is 0 Å². The Morgan fingerprint density at radius 1 is 0.875 bits per heavy atom. The standard InChI is InChI=1S/C54H62ClN11O6/c1-53(2)47(54(3,4)52(53)72-39-8-5-35(28-56)43(55)27-39)41-25-34(6-9-40(41)48(57)68)36-29-58-65(31-36)37-17-19-62(20-18-37)30-32-13-21-64(22-14-32)50(70)33-15-23-63(24-16-33)38-7-10-44-42(26-38)51(71)66(61-60-44)45-11-12-46(67)59-49(45)69/h5-10,25-27,29,31-33,37,45,47,52H,11-24,30H2,1-4H3,(H2,57,68)(H,59,67,69)/t45-,47?,52?/m1/s1. The first-order chi connectivity index (χ1) is 34.5. The normalized spacial score (nSPS) is 23.1. The molecule has 4 saturated heterocycles. The number of primary amides is 1. The molecule has 2 aromatic heterocycles. The highest BCUT2D eigenvalue weighted by Gasteiger charge is 2.64. The Bertz CT molecular complexity index is 3030. The van der Waals surface area contributed by atoms with Gasteiger partial charge >= 0.3 is 0 Å². The van der Waals surface area contributed by atoms with Crippen LogP contribution in [0.25, 0.3) is 22.0 Å². The molecule has 0 radical (unpaired) electrons. The number of benzene rings is 3. The van der Waals surface area contributed by atoms with Gasteiger partial charge < -0.3 is 25.2 Å². The van der Waals surface area contributed by atoms with E-state index in [9.17, 15) is 29.2 Å². The Labute approximate surface area is 423 Å². The van der Waals surface area contributed by atoms with E-state index in [0.717, 1.165) is 98.3 Å². The number of ether oxygens (including phenoxy) is 1. The molecule has 17 nitrogen and oxygen atoms in total. The molecule has 0 spiro atoms. The van der Waals surface area contributed by atoms with Crippen LogP contribution in [-0.2, 0) is 14.4 Å². The highest BCUT2D eigenvalue weighted by atomic mass is 35.5. The van der Waals surface area contributed by atoms with E-state index in [1.54, 1.807) is 30.3 Å². The van der Waals surface area contributed by atoms with Crippen molar-refractivity contribution >= 4 is 51.8 Å². The maximum Gasteiger partial charge on any atom is 0.278 e. The summed E-state index contributed by atoms with van der Waals surface area (Å²) in [6, 6.07) is 18.0. The molecule has 3 N–H and O–H groups in total. The van der Waals surface area contributed by atoms with E-state index in [2.05, 4.69) is 81.0 Å². The fraction of sp³-hybridized carbons (Fsp3) is 0.500. The number of carbonyl (C=O) groups is 4. The summed E-state index contributed by atoms with van der Waals surface area (Å²) in [5.41, 5.74) is 9.88. The van der Waals surface area contributed by atoms with E-state index >= 15 is 0 Å². The molecule has 6 heterocycles. The minimum atomic E-state index is -0.883. The van der Waals surface area contributed by atoms with Crippen LogP contribution in [0.5, 0.6) is 5.75 Å². The van der Waals surface area contributed by atoms with Crippen LogP contribution < -0.4 is 26.2 Å². The average molecular weight is 997 g/mol. The number of hydrogen-bond acceptors (Lipinski definition) is 12. The Morgan fingerprint density at radius 3 is 2.29 bits per heavy atom. The number of aromatic nitrogens is 5. The maximum atomic E-state index is 13.8. The molecule has 4 aliphatic heterocycles. The zero-order valence-corrected chi connectivity index (χ0v) is 42.1. The number of nitrogens with two attached hydrogens (primary N) is 1. The van der Waals surface area contributed by atoms with Crippen molar-refractivity contribution in [2.24, 2.45) is 28.4 Å². The van der Waals surface area contributed by atoms with Gasteiger partial charge in [-0.25, -0.2) is 0 Å². The summed E-state index contributed by atoms with van der Waals surface area (Å²) in [6.07, 6.45) is 9.60. The largest absolute Gasteiger partial charge is 0.489 e. The molecular weight excluding hydrogens is 934 g/mol. The predicted molar refractivity (Wildman–Crippen MR) is 271 cm³/mol. The first kappa shape index (κ1) is 49.0. The summed E-state index contributed by atoms with van der Waals surface area (Å²) in [7, 11) is 0. The molecule has 3 aromatic carbocycles. The van der Waals surface area contributed by atoms with Crippen molar-refractivity contribution in [3.05, 3.63) is 99.1 Å². The second-order valence-electron chi connectivity index (χ2n) is 21.8. The summed E-state index contributed by atoms with van der Waals surface area (Å²) < 4.78 is 9.75. The number of imide groups is 1. The van der Waals surface area contributed by atoms with Gasteiger partial charge in [-0.1, -0.05) is 50.6 Å². The van der Waals surface area contributed by atoms with Gasteiger partial charge in [0, 0.05) is 104 Å². The number of carbonyl (C=O) groups excluding carboxylic acids is 4. The molecule has 5 aliphatic rings. The summed E-state index contributed by atoms with van der Waals surface area (Å²) in [5, 5.41) is 25.4. The number of nitriles is 1. The van der Waals surface area contributed by atoms with Gasteiger partial charge in [-0.3, -0.25) is 34.0 Å². The monoisotopic (exact) mass is 995 g/mol. The van der Waals surface area contributed by atoms with Crippen LogP contribution >= 0.6 is 11.6 Å². The van der Waals surface area contributed by atoms with Gasteiger partial charge in [0.05, 0.1) is 28.2 Å². The first-order valence-corrected chi connectivity index (χ1v) is 25.7. The number of nitrogens with zero attached hydrogens (tertiary/aromatic N) is 9. The molecule has 1 atom stereocenters. The Morgan fingerprint density at radius 2 is 1.61 bits per heavy atom. The lowest BCUT2D eigenvalue weighted by molar-refractivity contribution is -0.160. The minimum Gasteiger partial charge on any atom is -0.489 e. The highest BCUT2D eigenvalue weighted by Crippen LogP contribution is 2.65. The molecule has 5 fully saturated rings. The highest BCUT2D eigenvalue weighted by molar-refractivity contribution is 6.31. The van der Waals surface area contributed by atoms with E-state index in [4.69, 9.17) is 27.2 Å². The van der Waals surface area contributed by atoms with Crippen LogP contribution in [0.1, 0.15) is 119 Å². The summed E-state index contributed by atoms with van der Waals surface area (Å²) in [5.74, 6) is -0.0854. The van der Waals surface area contributed by atoms with Gasteiger partial charge in [-0.2, -0.15) is 15.0 Å². The second-order valence-corrected chi connectivity index (χ2v) is 22.2. The van der Waals surface area contributed by atoms with Gasteiger partial charge in [0.15, 0.2) is 0 Å². The van der Waals surface area contributed by atoms with Gasteiger partial charge in [-0.15, -0.1) is 5.10 Å². The van der Waals surface area contributed by atoms with E-state index in [0.29, 0.717) is 51.8 Å². The number of halogens is 1. The Hall–Kier alpha value is -6.64. The predicted octanol–water partition coefficient (Wildman–Crippen LogP) is 6.65. The number of piperidine rings is 4. The SMILES string of the molecule is CC1(C)C(Oc2ccc(C#N)c(Cl)c2)C(C)(C)C1c1cc(-c2cnn(C3CCN(CC4CCN(C(=O)C5CCN(c6ccc7nnn([C@@H]8CCC(=O)NC8=O)c(=O)c7c6)CC5)CC4)CC3)c2)ccc1C(N)=O. The van der Waals surface area contributed by atoms with E-state index < -0.39 is 23.4 Å². The van der Waals surface area contributed by atoms with Gasteiger partial charge in [0.1, 0.15) is 29.5 Å². The van der Waals surface area contributed by atoms with Crippen LogP contribution in [0.4, 0.5) is 5.69 Å².